The highest BCUT2D eigenvalue weighted by molar-refractivity contribution is 7.88. The zero-order chi connectivity index (χ0) is 16.9. The molecule has 0 amide bonds. The highest BCUT2D eigenvalue weighted by Crippen LogP contribution is 2.34. The molecular weight excluding hydrogens is 332 g/mol. The predicted octanol–water partition coefficient (Wildman–Crippen LogP) is 2.59. The second-order valence-electron chi connectivity index (χ2n) is 6.72. The highest BCUT2D eigenvalue weighted by Gasteiger charge is 2.44. The predicted molar refractivity (Wildman–Crippen MR) is 98.3 cm³/mol. The number of fused-ring (bicyclic) bond motifs is 5. The molecule has 4 nitrogen and oxygen atoms in total. The van der Waals surface area contributed by atoms with Crippen LogP contribution in [0.2, 0.25) is 0 Å². The average Bonchev–Trinajstić information content (AvgIpc) is 3.08. The van der Waals surface area contributed by atoms with Crippen LogP contribution in [0, 0.1) is 0 Å². The molecule has 0 radical (unpaired) electrons. The van der Waals surface area contributed by atoms with Gasteiger partial charge in [0, 0.05) is 17.9 Å². The lowest BCUT2D eigenvalue weighted by Gasteiger charge is -2.07. The summed E-state index contributed by atoms with van der Waals surface area (Å²) in [5, 5.41) is 7.58. The quantitative estimate of drug-likeness (QED) is 0.363. The standard InChI is InChI=1S/C20H13N2O2S/c1-11-13-7-4-8-15-16-10-9-12-5-2-3-6-14(12)17(16)19-20(18(13)15)22(11)25(23,24)21-19/h2-11H,1H3/q+1. The molecule has 120 valence electrons. The summed E-state index contributed by atoms with van der Waals surface area (Å²) in [4.78, 5) is 0. The molecule has 0 bridgehead atoms. The number of hydrogen-bond donors (Lipinski definition) is 0. The third-order valence-corrected chi connectivity index (χ3v) is 6.90. The summed E-state index contributed by atoms with van der Waals surface area (Å²) in [7, 11) is -3.70. The van der Waals surface area contributed by atoms with Crippen molar-refractivity contribution in [2.24, 2.45) is 4.40 Å². The second-order valence-corrected chi connectivity index (χ2v) is 8.19. The first-order valence-corrected chi connectivity index (χ1v) is 9.65. The third-order valence-electron chi connectivity index (χ3n) is 5.49. The number of benzene rings is 4. The van der Waals surface area contributed by atoms with Gasteiger partial charge in [0.2, 0.25) is 0 Å². The van der Waals surface area contributed by atoms with Gasteiger partial charge < -0.3 is 0 Å². The Hall–Kier alpha value is -2.79. The summed E-state index contributed by atoms with van der Waals surface area (Å²) in [6.45, 7) is 1.93. The normalized spacial score (nSPS) is 19.9. The van der Waals surface area contributed by atoms with Gasteiger partial charge in [-0.15, -0.1) is 8.42 Å². The molecule has 4 aromatic rings. The van der Waals surface area contributed by atoms with Crippen LogP contribution in [0.4, 0.5) is 0 Å². The smallest absolute Gasteiger partial charge is 0.141 e. The molecule has 5 heteroatoms. The Labute approximate surface area is 143 Å². The van der Waals surface area contributed by atoms with Crippen molar-refractivity contribution in [3.63, 3.8) is 0 Å². The Morgan fingerprint density at radius 3 is 2.52 bits per heavy atom. The molecule has 0 fully saturated rings. The number of hydrogen-bond acceptors (Lipinski definition) is 2. The zero-order valence-corrected chi connectivity index (χ0v) is 14.2. The van der Waals surface area contributed by atoms with Crippen molar-refractivity contribution >= 4 is 42.5 Å². The van der Waals surface area contributed by atoms with Crippen LogP contribution in [0.5, 0.6) is 0 Å². The topological polar surface area (TPSA) is 49.5 Å². The lowest BCUT2D eigenvalue weighted by Crippen LogP contribution is -2.33. The van der Waals surface area contributed by atoms with E-state index in [1.54, 1.807) is 0 Å². The Morgan fingerprint density at radius 1 is 0.880 bits per heavy atom. The van der Waals surface area contributed by atoms with Crippen molar-refractivity contribution in [3.05, 3.63) is 70.9 Å². The fourth-order valence-electron chi connectivity index (χ4n) is 4.49. The van der Waals surface area contributed by atoms with Crippen LogP contribution in [-0.4, -0.2) is 8.42 Å². The highest BCUT2D eigenvalue weighted by atomic mass is 32.2. The molecule has 1 unspecified atom stereocenters. The molecule has 0 aliphatic carbocycles. The summed E-state index contributed by atoms with van der Waals surface area (Å²) >= 11 is 0. The molecule has 4 aromatic carbocycles. The van der Waals surface area contributed by atoms with E-state index < -0.39 is 10.2 Å². The van der Waals surface area contributed by atoms with Crippen LogP contribution >= 0.6 is 0 Å². The van der Waals surface area contributed by atoms with Crippen LogP contribution < -0.4 is 14.7 Å². The summed E-state index contributed by atoms with van der Waals surface area (Å²) in [5.74, 6) is 0. The van der Waals surface area contributed by atoms with E-state index in [4.69, 9.17) is 0 Å². The van der Waals surface area contributed by atoms with E-state index in [9.17, 15) is 8.42 Å². The maximum absolute atomic E-state index is 12.8. The van der Waals surface area contributed by atoms with Gasteiger partial charge in [0.25, 0.3) is 5.36 Å². The Morgan fingerprint density at radius 2 is 1.64 bits per heavy atom. The van der Waals surface area contributed by atoms with Gasteiger partial charge in [0.05, 0.1) is 5.39 Å². The minimum atomic E-state index is -3.70. The molecule has 0 N–H and O–H groups in total. The van der Waals surface area contributed by atoms with Gasteiger partial charge in [-0.05, 0) is 21.5 Å². The van der Waals surface area contributed by atoms with Crippen molar-refractivity contribution in [3.8, 4) is 0 Å². The van der Waals surface area contributed by atoms with Crippen molar-refractivity contribution in [2.75, 3.05) is 0 Å². The molecule has 0 saturated carbocycles. The molecule has 2 aliphatic rings. The lowest BCUT2D eigenvalue weighted by atomic mass is 9.94. The zero-order valence-electron chi connectivity index (χ0n) is 13.4. The molecule has 25 heavy (non-hydrogen) atoms. The molecule has 2 heterocycles. The van der Waals surface area contributed by atoms with Crippen LogP contribution in [-0.2, 0) is 10.2 Å². The fraction of sp³-hybridized carbons (Fsp3) is 0.100. The lowest BCUT2D eigenvalue weighted by molar-refractivity contribution is 0.550. The van der Waals surface area contributed by atoms with E-state index in [-0.39, 0.29) is 6.04 Å². The van der Waals surface area contributed by atoms with Crippen LogP contribution in [0.25, 0.3) is 32.3 Å². The summed E-state index contributed by atoms with van der Waals surface area (Å²) in [6.07, 6.45) is 0. The first-order valence-electron chi connectivity index (χ1n) is 8.25. The van der Waals surface area contributed by atoms with Gasteiger partial charge in [-0.2, -0.15) is 0 Å². The Bertz CT molecular complexity index is 1520. The maximum atomic E-state index is 12.8. The SMILES string of the molecule is CC1c2cccc3c2c2c(c4c5ccccc5ccc34)=NS(=O)(=O)[N+]=21. The van der Waals surface area contributed by atoms with Crippen molar-refractivity contribution in [2.45, 2.75) is 13.0 Å². The molecule has 2 aliphatic heterocycles. The van der Waals surface area contributed by atoms with E-state index in [2.05, 4.69) is 22.6 Å². The molecule has 0 aromatic heterocycles. The molecule has 1 atom stereocenters. The second kappa shape index (κ2) is 4.06. The summed E-state index contributed by atoms with van der Waals surface area (Å²) < 4.78 is 31.2. The molecule has 6 rings (SSSR count). The van der Waals surface area contributed by atoms with Gasteiger partial charge in [0.1, 0.15) is 0 Å². The Kier molecular flexibility index (Phi) is 2.19. The summed E-state index contributed by atoms with van der Waals surface area (Å²) in [5.41, 5.74) is 1.06. The van der Waals surface area contributed by atoms with Crippen LogP contribution in [0.3, 0.4) is 0 Å². The van der Waals surface area contributed by atoms with Gasteiger partial charge in [-0.3, -0.25) is 0 Å². The van der Waals surface area contributed by atoms with Crippen LogP contribution in [0.1, 0.15) is 18.5 Å². The molecule has 0 saturated heterocycles. The van der Waals surface area contributed by atoms with E-state index in [0.717, 1.165) is 43.2 Å². The van der Waals surface area contributed by atoms with Gasteiger partial charge in [-0.25, -0.2) is 0 Å². The first-order chi connectivity index (χ1) is 12.1. The van der Waals surface area contributed by atoms with Crippen molar-refractivity contribution in [1.29, 1.82) is 0 Å². The summed E-state index contributed by atoms with van der Waals surface area (Å²) in [6, 6.07) is 18.1. The Balaban J connectivity index is 2.12. The number of nitrogens with zero attached hydrogens (tertiary/aromatic N) is 2. The minimum absolute atomic E-state index is 0.225. The van der Waals surface area contributed by atoms with Gasteiger partial charge >= 0.3 is 10.2 Å². The molecular formula is C20H13N2O2S+. The van der Waals surface area contributed by atoms with E-state index >= 15 is 0 Å². The van der Waals surface area contributed by atoms with Crippen molar-refractivity contribution in [1.82, 2.24) is 3.98 Å². The van der Waals surface area contributed by atoms with E-state index in [1.807, 2.05) is 43.3 Å². The largest absolute Gasteiger partial charge is 0.488 e. The molecule has 0 spiro atoms. The van der Waals surface area contributed by atoms with E-state index in [0.29, 0.717) is 5.36 Å². The van der Waals surface area contributed by atoms with Gasteiger partial charge in [0.15, 0.2) is 11.4 Å². The van der Waals surface area contributed by atoms with E-state index in [1.165, 1.54) is 3.98 Å². The monoisotopic (exact) mass is 345 g/mol. The average molecular weight is 345 g/mol. The van der Waals surface area contributed by atoms with Crippen LogP contribution in [0.15, 0.2) is 59.0 Å². The van der Waals surface area contributed by atoms with Crippen molar-refractivity contribution < 1.29 is 8.42 Å². The minimum Gasteiger partial charge on any atom is -0.141 e. The first kappa shape index (κ1) is 13.5. The third kappa shape index (κ3) is 1.42. The fourth-order valence-corrected chi connectivity index (χ4v) is 5.91. The van der Waals surface area contributed by atoms with Gasteiger partial charge in [-0.1, -0.05) is 63.0 Å². The number of rotatable bonds is 0. The maximum Gasteiger partial charge on any atom is 0.488 e.